The van der Waals surface area contributed by atoms with Crippen molar-refractivity contribution in [1.29, 1.82) is 0 Å². The van der Waals surface area contributed by atoms with Crippen molar-refractivity contribution in [3.8, 4) is 0 Å². The standard InChI is InChI=1S/C15H23N3O/c1-10(2)13(7-16)9-17-8-12-4-5-15-14(6-12)18-11(3)19-15/h4-6,10,13,17H,7-9,16H2,1-3H3. The lowest BCUT2D eigenvalue weighted by Gasteiger charge is -2.19. The molecule has 2 aromatic rings. The first-order valence-electron chi connectivity index (χ1n) is 6.87. The SMILES string of the molecule is Cc1nc2cc(CNCC(CN)C(C)C)ccc2o1. The zero-order valence-electron chi connectivity index (χ0n) is 11.9. The van der Waals surface area contributed by atoms with E-state index in [0.29, 0.717) is 17.7 Å². The summed E-state index contributed by atoms with van der Waals surface area (Å²) in [6, 6.07) is 6.13. The van der Waals surface area contributed by atoms with Gasteiger partial charge in [0, 0.05) is 13.5 Å². The summed E-state index contributed by atoms with van der Waals surface area (Å²) >= 11 is 0. The number of aromatic nitrogens is 1. The molecule has 0 spiro atoms. The van der Waals surface area contributed by atoms with Crippen LogP contribution >= 0.6 is 0 Å². The van der Waals surface area contributed by atoms with Gasteiger partial charge in [-0.2, -0.15) is 0 Å². The van der Waals surface area contributed by atoms with Crippen molar-refractivity contribution in [3.05, 3.63) is 29.7 Å². The van der Waals surface area contributed by atoms with Crippen molar-refractivity contribution < 1.29 is 4.42 Å². The molecule has 0 radical (unpaired) electrons. The first kappa shape index (κ1) is 14.0. The number of hydrogen-bond acceptors (Lipinski definition) is 4. The monoisotopic (exact) mass is 261 g/mol. The number of nitrogens with one attached hydrogen (secondary N) is 1. The Morgan fingerprint density at radius 3 is 2.84 bits per heavy atom. The van der Waals surface area contributed by atoms with E-state index < -0.39 is 0 Å². The van der Waals surface area contributed by atoms with Crippen molar-refractivity contribution >= 4 is 11.1 Å². The number of hydrogen-bond donors (Lipinski definition) is 2. The van der Waals surface area contributed by atoms with Crippen LogP contribution in [-0.2, 0) is 6.54 Å². The van der Waals surface area contributed by atoms with E-state index in [-0.39, 0.29) is 0 Å². The van der Waals surface area contributed by atoms with Gasteiger partial charge in [0.25, 0.3) is 0 Å². The van der Waals surface area contributed by atoms with Crippen molar-refractivity contribution in [3.63, 3.8) is 0 Å². The minimum absolute atomic E-state index is 0.526. The lowest BCUT2D eigenvalue weighted by Crippen LogP contribution is -2.31. The number of nitrogens with two attached hydrogens (primary N) is 1. The Kier molecular flexibility index (Phi) is 4.56. The third kappa shape index (κ3) is 3.55. The quantitative estimate of drug-likeness (QED) is 0.838. The Balaban J connectivity index is 1.94. The van der Waals surface area contributed by atoms with E-state index in [0.717, 1.165) is 30.7 Å². The molecule has 1 unspecified atom stereocenters. The van der Waals surface area contributed by atoms with Gasteiger partial charge < -0.3 is 15.5 Å². The predicted octanol–water partition coefficient (Wildman–Crippen LogP) is 2.46. The number of fused-ring (bicyclic) bond motifs is 1. The number of rotatable bonds is 6. The lowest BCUT2D eigenvalue weighted by molar-refractivity contribution is 0.370. The molecule has 0 saturated heterocycles. The molecular formula is C15H23N3O. The number of nitrogens with zero attached hydrogens (tertiary/aromatic N) is 1. The molecule has 0 fully saturated rings. The predicted molar refractivity (Wildman–Crippen MR) is 77.8 cm³/mol. The second-order valence-corrected chi connectivity index (χ2v) is 5.41. The molecular weight excluding hydrogens is 238 g/mol. The summed E-state index contributed by atoms with van der Waals surface area (Å²) in [5.74, 6) is 1.85. The smallest absolute Gasteiger partial charge is 0.192 e. The Morgan fingerprint density at radius 2 is 2.16 bits per heavy atom. The molecule has 19 heavy (non-hydrogen) atoms. The Bertz CT molecular complexity index is 533. The second kappa shape index (κ2) is 6.17. The van der Waals surface area contributed by atoms with E-state index >= 15 is 0 Å². The molecule has 0 aliphatic carbocycles. The highest BCUT2D eigenvalue weighted by Crippen LogP contribution is 2.16. The third-order valence-corrected chi connectivity index (χ3v) is 3.54. The summed E-state index contributed by atoms with van der Waals surface area (Å²) in [6.07, 6.45) is 0. The van der Waals surface area contributed by atoms with Crippen LogP contribution < -0.4 is 11.1 Å². The fourth-order valence-electron chi connectivity index (χ4n) is 2.19. The van der Waals surface area contributed by atoms with Crippen molar-refractivity contribution in [2.45, 2.75) is 27.3 Å². The summed E-state index contributed by atoms with van der Waals surface area (Å²) in [7, 11) is 0. The van der Waals surface area contributed by atoms with E-state index in [9.17, 15) is 0 Å². The second-order valence-electron chi connectivity index (χ2n) is 5.41. The van der Waals surface area contributed by atoms with E-state index in [4.69, 9.17) is 10.2 Å². The molecule has 0 amide bonds. The first-order valence-corrected chi connectivity index (χ1v) is 6.87. The van der Waals surface area contributed by atoms with Crippen molar-refractivity contribution in [2.24, 2.45) is 17.6 Å². The largest absolute Gasteiger partial charge is 0.441 e. The fraction of sp³-hybridized carbons (Fsp3) is 0.533. The Labute approximate surface area is 114 Å². The van der Waals surface area contributed by atoms with Crippen LogP contribution in [0, 0.1) is 18.8 Å². The van der Waals surface area contributed by atoms with Crippen LogP contribution in [0.4, 0.5) is 0 Å². The van der Waals surface area contributed by atoms with Gasteiger partial charge in [-0.25, -0.2) is 4.98 Å². The average Bonchev–Trinajstić information content (AvgIpc) is 2.73. The number of benzene rings is 1. The molecule has 2 rings (SSSR count). The molecule has 4 heteroatoms. The van der Waals surface area contributed by atoms with Gasteiger partial charge >= 0.3 is 0 Å². The molecule has 0 aliphatic heterocycles. The van der Waals surface area contributed by atoms with Crippen LogP contribution in [-0.4, -0.2) is 18.1 Å². The maximum absolute atomic E-state index is 5.77. The van der Waals surface area contributed by atoms with Crippen LogP contribution in [0.15, 0.2) is 22.6 Å². The molecule has 3 N–H and O–H groups in total. The fourth-order valence-corrected chi connectivity index (χ4v) is 2.19. The number of oxazole rings is 1. The van der Waals surface area contributed by atoms with Gasteiger partial charge in [-0.05, 0) is 42.6 Å². The van der Waals surface area contributed by atoms with Crippen LogP contribution in [0.2, 0.25) is 0 Å². The Morgan fingerprint density at radius 1 is 1.37 bits per heavy atom. The molecule has 1 atom stereocenters. The maximum atomic E-state index is 5.77. The van der Waals surface area contributed by atoms with Gasteiger partial charge in [0.05, 0.1) is 0 Å². The molecule has 0 saturated carbocycles. The highest BCUT2D eigenvalue weighted by atomic mass is 16.3. The van der Waals surface area contributed by atoms with E-state index in [1.807, 2.05) is 13.0 Å². The average molecular weight is 261 g/mol. The van der Waals surface area contributed by atoms with Crippen molar-refractivity contribution in [2.75, 3.05) is 13.1 Å². The summed E-state index contributed by atoms with van der Waals surface area (Å²) in [5, 5.41) is 3.47. The highest BCUT2D eigenvalue weighted by Gasteiger charge is 2.10. The molecule has 1 aromatic heterocycles. The summed E-state index contributed by atoms with van der Waals surface area (Å²) in [6.45, 7) is 8.81. The van der Waals surface area contributed by atoms with Gasteiger partial charge in [-0.15, -0.1) is 0 Å². The van der Waals surface area contributed by atoms with Gasteiger partial charge in [0.1, 0.15) is 5.52 Å². The minimum atomic E-state index is 0.526. The Hall–Kier alpha value is -1.39. The normalized spacial score (nSPS) is 13.3. The first-order chi connectivity index (χ1) is 9.10. The summed E-state index contributed by atoms with van der Waals surface area (Å²) in [4.78, 5) is 4.35. The van der Waals surface area contributed by atoms with Crippen LogP contribution in [0.5, 0.6) is 0 Å². The molecule has 0 aliphatic rings. The molecule has 104 valence electrons. The van der Waals surface area contributed by atoms with Gasteiger partial charge in [-0.1, -0.05) is 19.9 Å². The molecule has 1 heterocycles. The molecule has 0 bridgehead atoms. The lowest BCUT2D eigenvalue weighted by atomic mass is 9.96. The summed E-state index contributed by atoms with van der Waals surface area (Å²) in [5.41, 5.74) is 8.77. The summed E-state index contributed by atoms with van der Waals surface area (Å²) < 4.78 is 5.47. The molecule has 4 nitrogen and oxygen atoms in total. The van der Waals surface area contributed by atoms with Crippen LogP contribution in [0.25, 0.3) is 11.1 Å². The highest BCUT2D eigenvalue weighted by molar-refractivity contribution is 5.73. The van der Waals surface area contributed by atoms with E-state index in [1.165, 1.54) is 5.56 Å². The van der Waals surface area contributed by atoms with E-state index in [2.05, 4.69) is 36.3 Å². The topological polar surface area (TPSA) is 64.1 Å². The van der Waals surface area contributed by atoms with Crippen LogP contribution in [0.1, 0.15) is 25.3 Å². The van der Waals surface area contributed by atoms with E-state index in [1.54, 1.807) is 0 Å². The third-order valence-electron chi connectivity index (χ3n) is 3.54. The van der Waals surface area contributed by atoms with Crippen molar-refractivity contribution in [1.82, 2.24) is 10.3 Å². The van der Waals surface area contributed by atoms with Gasteiger partial charge in [0.15, 0.2) is 11.5 Å². The zero-order valence-corrected chi connectivity index (χ0v) is 11.9. The minimum Gasteiger partial charge on any atom is -0.441 e. The number of aryl methyl sites for hydroxylation is 1. The molecule has 1 aromatic carbocycles. The zero-order chi connectivity index (χ0) is 13.8. The van der Waals surface area contributed by atoms with Crippen LogP contribution in [0.3, 0.4) is 0 Å². The van der Waals surface area contributed by atoms with Gasteiger partial charge in [-0.3, -0.25) is 0 Å². The van der Waals surface area contributed by atoms with Gasteiger partial charge in [0.2, 0.25) is 0 Å². The maximum Gasteiger partial charge on any atom is 0.192 e.